The summed E-state index contributed by atoms with van der Waals surface area (Å²) in [7, 11) is 0. The molecular formula is C20H22N2O4. The van der Waals surface area contributed by atoms with Gasteiger partial charge in [0.15, 0.2) is 0 Å². The van der Waals surface area contributed by atoms with Crippen molar-refractivity contribution in [2.75, 3.05) is 13.2 Å². The molecule has 0 saturated heterocycles. The molecule has 0 aromatic heterocycles. The van der Waals surface area contributed by atoms with E-state index in [9.17, 15) is 14.9 Å². The van der Waals surface area contributed by atoms with Crippen molar-refractivity contribution in [1.29, 1.82) is 5.26 Å². The quantitative estimate of drug-likeness (QED) is 0.758. The SMILES string of the molecule is CCOC(=O)C1=C(C)N=C(C)C(C(=O)OCC)C1c1cccc(C#N)c1. The first-order valence-electron chi connectivity index (χ1n) is 8.54. The second-order valence-electron chi connectivity index (χ2n) is 5.92. The first-order chi connectivity index (χ1) is 12.4. The first-order valence-corrected chi connectivity index (χ1v) is 8.54. The van der Waals surface area contributed by atoms with Crippen LogP contribution in [0.25, 0.3) is 0 Å². The van der Waals surface area contributed by atoms with E-state index >= 15 is 0 Å². The number of rotatable bonds is 5. The number of esters is 2. The molecule has 1 heterocycles. The second kappa shape index (κ2) is 8.43. The molecule has 6 nitrogen and oxygen atoms in total. The van der Waals surface area contributed by atoms with E-state index in [0.29, 0.717) is 28.1 Å². The molecule has 0 radical (unpaired) electrons. The zero-order valence-corrected chi connectivity index (χ0v) is 15.4. The predicted octanol–water partition coefficient (Wildman–Crippen LogP) is 3.13. The van der Waals surface area contributed by atoms with Crippen LogP contribution >= 0.6 is 0 Å². The maximum atomic E-state index is 12.6. The van der Waals surface area contributed by atoms with E-state index in [2.05, 4.69) is 11.1 Å². The van der Waals surface area contributed by atoms with Crippen LogP contribution in [0.4, 0.5) is 0 Å². The van der Waals surface area contributed by atoms with E-state index in [1.807, 2.05) is 0 Å². The molecule has 0 fully saturated rings. The van der Waals surface area contributed by atoms with Crippen molar-refractivity contribution in [2.45, 2.75) is 33.6 Å². The Balaban J connectivity index is 2.65. The number of carbonyl (C=O) groups excluding carboxylic acids is 2. The molecule has 0 bridgehead atoms. The van der Waals surface area contributed by atoms with Crippen LogP contribution in [-0.2, 0) is 19.1 Å². The molecule has 2 rings (SSSR count). The summed E-state index contributed by atoms with van der Waals surface area (Å²) in [4.78, 5) is 29.6. The van der Waals surface area contributed by atoms with Crippen molar-refractivity contribution >= 4 is 17.7 Å². The van der Waals surface area contributed by atoms with Gasteiger partial charge in [-0.25, -0.2) is 4.79 Å². The van der Waals surface area contributed by atoms with Crippen LogP contribution < -0.4 is 0 Å². The Labute approximate surface area is 153 Å². The minimum atomic E-state index is -0.744. The molecule has 0 spiro atoms. The number of hydrogen-bond acceptors (Lipinski definition) is 6. The Morgan fingerprint density at radius 3 is 2.50 bits per heavy atom. The predicted molar refractivity (Wildman–Crippen MR) is 96.5 cm³/mol. The van der Waals surface area contributed by atoms with E-state index in [1.165, 1.54) is 0 Å². The van der Waals surface area contributed by atoms with Gasteiger partial charge in [-0.05, 0) is 45.4 Å². The highest BCUT2D eigenvalue weighted by Gasteiger charge is 2.42. The topological polar surface area (TPSA) is 88.8 Å². The minimum absolute atomic E-state index is 0.216. The number of hydrogen-bond donors (Lipinski definition) is 0. The number of nitriles is 1. The summed E-state index contributed by atoms with van der Waals surface area (Å²) in [6.07, 6.45) is 0. The van der Waals surface area contributed by atoms with Crippen molar-refractivity contribution in [2.24, 2.45) is 10.9 Å². The lowest BCUT2D eigenvalue weighted by Crippen LogP contribution is -2.36. The summed E-state index contributed by atoms with van der Waals surface area (Å²) in [5, 5.41) is 9.21. The second-order valence-corrected chi connectivity index (χ2v) is 5.92. The smallest absolute Gasteiger partial charge is 0.336 e. The largest absolute Gasteiger partial charge is 0.465 e. The van der Waals surface area contributed by atoms with Gasteiger partial charge in [0, 0.05) is 17.3 Å². The van der Waals surface area contributed by atoms with E-state index in [1.54, 1.807) is 52.0 Å². The average Bonchev–Trinajstić information content (AvgIpc) is 2.61. The van der Waals surface area contributed by atoms with Crippen LogP contribution in [-0.4, -0.2) is 30.9 Å². The highest BCUT2D eigenvalue weighted by Crippen LogP contribution is 2.40. The van der Waals surface area contributed by atoms with Crippen LogP contribution in [0.15, 0.2) is 40.5 Å². The summed E-state index contributed by atoms with van der Waals surface area (Å²) in [6.45, 7) is 7.36. The summed E-state index contributed by atoms with van der Waals surface area (Å²) >= 11 is 0. The van der Waals surface area contributed by atoms with Crippen LogP contribution in [0, 0.1) is 17.2 Å². The van der Waals surface area contributed by atoms with E-state index in [4.69, 9.17) is 9.47 Å². The third-order valence-corrected chi connectivity index (χ3v) is 4.24. The Bertz CT molecular complexity index is 817. The highest BCUT2D eigenvalue weighted by molar-refractivity contribution is 6.07. The lowest BCUT2D eigenvalue weighted by Gasteiger charge is -2.31. The van der Waals surface area contributed by atoms with Gasteiger partial charge in [-0.2, -0.15) is 5.26 Å². The monoisotopic (exact) mass is 354 g/mol. The van der Waals surface area contributed by atoms with Gasteiger partial charge in [0.25, 0.3) is 0 Å². The fourth-order valence-corrected chi connectivity index (χ4v) is 3.21. The lowest BCUT2D eigenvalue weighted by molar-refractivity contribution is -0.146. The lowest BCUT2D eigenvalue weighted by atomic mass is 9.75. The Morgan fingerprint density at radius 2 is 1.88 bits per heavy atom. The first kappa shape index (κ1) is 19.4. The fraction of sp³-hybridized carbons (Fsp3) is 0.400. The van der Waals surface area contributed by atoms with Crippen molar-refractivity contribution < 1.29 is 19.1 Å². The van der Waals surface area contributed by atoms with Crippen molar-refractivity contribution in [1.82, 2.24) is 0 Å². The molecule has 6 heteroatoms. The van der Waals surface area contributed by atoms with Gasteiger partial charge >= 0.3 is 11.9 Å². The van der Waals surface area contributed by atoms with Crippen LogP contribution in [0.1, 0.15) is 44.7 Å². The number of nitrogens with zero attached hydrogens (tertiary/aromatic N) is 2. The summed E-state index contributed by atoms with van der Waals surface area (Å²) in [6, 6.07) is 8.97. The normalized spacial score (nSPS) is 19.4. The Hall–Kier alpha value is -2.94. The van der Waals surface area contributed by atoms with E-state index in [-0.39, 0.29) is 13.2 Å². The van der Waals surface area contributed by atoms with Gasteiger partial charge in [-0.15, -0.1) is 0 Å². The number of benzene rings is 1. The van der Waals surface area contributed by atoms with E-state index < -0.39 is 23.8 Å². The van der Waals surface area contributed by atoms with Crippen molar-refractivity contribution in [3.8, 4) is 6.07 Å². The molecule has 1 aliphatic heterocycles. The van der Waals surface area contributed by atoms with Gasteiger partial charge in [0.05, 0.1) is 30.4 Å². The number of ether oxygens (including phenoxy) is 2. The average molecular weight is 354 g/mol. The summed E-state index contributed by atoms with van der Waals surface area (Å²) < 4.78 is 10.4. The van der Waals surface area contributed by atoms with Gasteiger partial charge in [0.2, 0.25) is 0 Å². The zero-order valence-electron chi connectivity index (χ0n) is 15.4. The van der Waals surface area contributed by atoms with Crippen LogP contribution in [0.5, 0.6) is 0 Å². The zero-order chi connectivity index (χ0) is 19.3. The Morgan fingerprint density at radius 1 is 1.19 bits per heavy atom. The third kappa shape index (κ3) is 3.83. The van der Waals surface area contributed by atoms with Gasteiger partial charge in [-0.3, -0.25) is 9.79 Å². The molecule has 0 saturated carbocycles. The van der Waals surface area contributed by atoms with Crippen molar-refractivity contribution in [3.63, 3.8) is 0 Å². The highest BCUT2D eigenvalue weighted by atomic mass is 16.5. The summed E-state index contributed by atoms with van der Waals surface area (Å²) in [5.41, 5.74) is 2.53. The molecule has 1 aromatic carbocycles. The van der Waals surface area contributed by atoms with E-state index in [0.717, 1.165) is 0 Å². The van der Waals surface area contributed by atoms with Gasteiger partial charge < -0.3 is 9.47 Å². The number of carbonyl (C=O) groups is 2. The molecular weight excluding hydrogens is 332 g/mol. The molecule has 0 aliphatic carbocycles. The molecule has 2 atom stereocenters. The summed E-state index contributed by atoms with van der Waals surface area (Å²) in [5.74, 6) is -2.32. The number of aliphatic imine (C=N–C) groups is 1. The standard InChI is InChI=1S/C20H22N2O4/c1-5-25-19(23)16-12(3)22-13(4)17(20(24)26-6-2)18(16)15-9-7-8-14(10-15)11-21/h7-10,16,18H,5-6H2,1-4H3. The Kier molecular flexibility index (Phi) is 6.29. The molecule has 0 N–H and O–H groups in total. The van der Waals surface area contributed by atoms with Crippen molar-refractivity contribution in [3.05, 3.63) is 46.7 Å². The molecule has 2 unspecified atom stereocenters. The van der Waals surface area contributed by atoms with Gasteiger partial charge in [-0.1, -0.05) is 12.1 Å². The fourth-order valence-electron chi connectivity index (χ4n) is 3.21. The maximum absolute atomic E-state index is 12.6. The van der Waals surface area contributed by atoms with Crippen LogP contribution in [0.3, 0.4) is 0 Å². The minimum Gasteiger partial charge on any atom is -0.465 e. The molecule has 1 aliphatic rings. The third-order valence-electron chi connectivity index (χ3n) is 4.24. The molecule has 136 valence electrons. The van der Waals surface area contributed by atoms with Gasteiger partial charge in [0.1, 0.15) is 5.92 Å². The molecule has 1 aromatic rings. The maximum Gasteiger partial charge on any atom is 0.336 e. The number of allylic oxidation sites excluding steroid dienone is 1. The molecule has 26 heavy (non-hydrogen) atoms. The van der Waals surface area contributed by atoms with Crippen LogP contribution in [0.2, 0.25) is 0 Å². The molecule has 0 amide bonds.